The van der Waals surface area contributed by atoms with E-state index in [0.29, 0.717) is 0 Å². The molecule has 0 radical (unpaired) electrons. The number of hydrogen-bond donors (Lipinski definition) is 0. The van der Waals surface area contributed by atoms with Gasteiger partial charge in [-0.2, -0.15) is 52.7 Å². The van der Waals surface area contributed by atoms with Crippen LogP contribution in [-0.4, -0.2) is 32.0 Å². The van der Waals surface area contributed by atoms with E-state index in [4.69, 9.17) is 9.47 Å². The van der Waals surface area contributed by atoms with E-state index < -0.39 is 63.5 Å². The van der Waals surface area contributed by atoms with Gasteiger partial charge in [-0.1, -0.05) is 36.4 Å². The van der Waals surface area contributed by atoms with Crippen molar-refractivity contribution in [3.63, 3.8) is 0 Å². The summed E-state index contributed by atoms with van der Waals surface area (Å²) in [6.45, 7) is 0. The summed E-state index contributed by atoms with van der Waals surface area (Å²) in [6, 6.07) is 18.0. The number of ether oxygens (including phenoxy) is 2. The standard InChI is InChI=1S/C41H24F12O2S2/c1-54-25-11-13-27(21-3-7-23(8-4-21)39(46,47)48)31(19-25)35-29(15-17-56-35)33-34(38(44,45)41(52,53)37(33,42)43)30-16-18-57-36(30)32-20-26(55-2)12-14-28(32)22-5-9-24(10-6-22)40(49,50)51/h3-20H,1-2H3. The monoisotopic (exact) mass is 840 g/mol. The zero-order chi connectivity index (χ0) is 41.3. The first-order valence-corrected chi connectivity index (χ1v) is 18.2. The molecule has 1 aliphatic rings. The van der Waals surface area contributed by atoms with E-state index >= 15 is 26.3 Å². The van der Waals surface area contributed by atoms with Crippen molar-refractivity contribution >= 4 is 33.8 Å². The van der Waals surface area contributed by atoms with Crippen LogP contribution in [0.1, 0.15) is 22.3 Å². The fraction of sp³-hybridized carbons (Fsp3) is 0.171. The number of allylic oxidation sites excluding steroid dienone is 2. The highest BCUT2D eigenvalue weighted by molar-refractivity contribution is 7.14. The Morgan fingerprint density at radius 1 is 0.439 bits per heavy atom. The highest BCUT2D eigenvalue weighted by atomic mass is 32.1. The molecule has 0 N–H and O–H groups in total. The van der Waals surface area contributed by atoms with Crippen LogP contribution in [0.4, 0.5) is 52.7 Å². The second kappa shape index (κ2) is 14.0. The molecular formula is C41H24F12O2S2. The zero-order valence-electron chi connectivity index (χ0n) is 29.1. The molecule has 0 atom stereocenters. The summed E-state index contributed by atoms with van der Waals surface area (Å²) >= 11 is 1.49. The topological polar surface area (TPSA) is 18.5 Å². The smallest absolute Gasteiger partial charge is 0.416 e. The second-order valence-corrected chi connectivity index (χ2v) is 14.6. The summed E-state index contributed by atoms with van der Waals surface area (Å²) in [5.74, 6) is -16.7. The molecular weight excluding hydrogens is 817 g/mol. The lowest BCUT2D eigenvalue weighted by Crippen LogP contribution is -2.48. The zero-order valence-corrected chi connectivity index (χ0v) is 30.7. The van der Waals surface area contributed by atoms with Crippen molar-refractivity contribution in [2.24, 2.45) is 0 Å². The minimum Gasteiger partial charge on any atom is -0.497 e. The molecule has 1 aliphatic carbocycles. The number of thiophene rings is 2. The van der Waals surface area contributed by atoms with Crippen LogP contribution in [0.15, 0.2) is 108 Å². The van der Waals surface area contributed by atoms with Gasteiger partial charge < -0.3 is 9.47 Å². The highest BCUT2D eigenvalue weighted by Crippen LogP contribution is 2.67. The molecule has 7 rings (SSSR count). The molecule has 2 heterocycles. The second-order valence-electron chi connectivity index (χ2n) is 12.8. The van der Waals surface area contributed by atoms with Crippen LogP contribution in [-0.2, 0) is 12.4 Å². The van der Waals surface area contributed by atoms with E-state index in [1.807, 2.05) is 0 Å². The largest absolute Gasteiger partial charge is 0.497 e. The average Bonchev–Trinajstić information content (AvgIpc) is 3.87. The van der Waals surface area contributed by atoms with E-state index in [1.165, 1.54) is 61.4 Å². The minimum atomic E-state index is -5.96. The molecule has 2 aromatic heterocycles. The van der Waals surface area contributed by atoms with Gasteiger partial charge in [0.2, 0.25) is 0 Å². The van der Waals surface area contributed by atoms with Crippen molar-refractivity contribution in [3.8, 4) is 54.6 Å². The van der Waals surface area contributed by atoms with Crippen molar-refractivity contribution in [3.05, 3.63) is 130 Å². The Morgan fingerprint density at radius 2 is 0.789 bits per heavy atom. The lowest BCUT2D eigenvalue weighted by molar-refractivity contribution is -0.254. The van der Waals surface area contributed by atoms with Crippen molar-refractivity contribution in [2.75, 3.05) is 14.2 Å². The van der Waals surface area contributed by atoms with Gasteiger partial charge >= 0.3 is 30.1 Å². The summed E-state index contributed by atoms with van der Waals surface area (Å²) in [6.07, 6.45) is -9.36. The molecule has 0 amide bonds. The summed E-state index contributed by atoms with van der Waals surface area (Å²) in [5, 5.41) is 2.46. The molecule has 0 spiro atoms. The SMILES string of the molecule is COc1ccc(-c2ccc(C(F)(F)F)cc2)c(-c2sccc2C2=C(c3ccsc3-c3cc(OC)ccc3-c3ccc(C(F)(F)F)cc3)C(F)(F)C(F)(F)C2(F)F)c1. The Morgan fingerprint density at radius 3 is 1.11 bits per heavy atom. The first-order valence-electron chi connectivity index (χ1n) is 16.5. The average molecular weight is 841 g/mol. The Bertz CT molecular complexity index is 2320. The predicted molar refractivity (Wildman–Crippen MR) is 195 cm³/mol. The summed E-state index contributed by atoms with van der Waals surface area (Å²) in [5.41, 5.74) is -6.04. The Labute approximate surface area is 324 Å². The third-order valence-corrected chi connectivity index (χ3v) is 11.4. The molecule has 57 heavy (non-hydrogen) atoms. The van der Waals surface area contributed by atoms with E-state index in [0.717, 1.165) is 83.3 Å². The van der Waals surface area contributed by atoms with Crippen molar-refractivity contribution in [1.29, 1.82) is 0 Å². The van der Waals surface area contributed by atoms with E-state index in [1.54, 1.807) is 0 Å². The number of hydrogen-bond acceptors (Lipinski definition) is 4. The summed E-state index contributed by atoms with van der Waals surface area (Å²) in [4.78, 5) is -0.374. The van der Waals surface area contributed by atoms with Gasteiger partial charge in [0.15, 0.2) is 0 Å². The molecule has 4 aromatic carbocycles. The number of halogens is 12. The molecule has 296 valence electrons. The molecule has 0 bridgehead atoms. The minimum absolute atomic E-state index is 0.0169. The molecule has 6 aromatic rings. The Hall–Kier alpha value is -5.22. The molecule has 2 nitrogen and oxygen atoms in total. The Kier molecular flexibility index (Phi) is 9.83. The number of rotatable bonds is 8. The molecule has 0 saturated carbocycles. The lowest BCUT2D eigenvalue weighted by Gasteiger charge is -2.26. The fourth-order valence-corrected chi connectivity index (χ4v) is 8.59. The number of methoxy groups -OCH3 is 2. The van der Waals surface area contributed by atoms with E-state index in [2.05, 4.69) is 0 Å². The quantitative estimate of drug-likeness (QED) is 0.142. The van der Waals surface area contributed by atoms with Crippen LogP contribution in [0.3, 0.4) is 0 Å². The van der Waals surface area contributed by atoms with Crippen molar-refractivity contribution in [2.45, 2.75) is 30.1 Å². The molecule has 0 aliphatic heterocycles. The van der Waals surface area contributed by atoms with Crippen LogP contribution < -0.4 is 9.47 Å². The third-order valence-electron chi connectivity index (χ3n) is 9.52. The normalized spacial score (nSPS) is 16.2. The van der Waals surface area contributed by atoms with Crippen LogP contribution in [0.2, 0.25) is 0 Å². The maximum Gasteiger partial charge on any atom is 0.416 e. The van der Waals surface area contributed by atoms with Crippen LogP contribution in [0, 0.1) is 0 Å². The summed E-state index contributed by atoms with van der Waals surface area (Å²) in [7, 11) is 2.55. The van der Waals surface area contributed by atoms with Crippen LogP contribution >= 0.6 is 22.7 Å². The van der Waals surface area contributed by atoms with Crippen molar-refractivity contribution in [1.82, 2.24) is 0 Å². The highest BCUT2D eigenvalue weighted by Gasteiger charge is 2.80. The lowest BCUT2D eigenvalue weighted by atomic mass is 9.89. The van der Waals surface area contributed by atoms with Crippen LogP contribution in [0.5, 0.6) is 11.5 Å². The van der Waals surface area contributed by atoms with Gasteiger partial charge in [-0.05, 0) is 93.7 Å². The maximum absolute atomic E-state index is 16.3. The van der Waals surface area contributed by atoms with E-state index in [9.17, 15) is 26.3 Å². The first-order chi connectivity index (χ1) is 26.7. The van der Waals surface area contributed by atoms with Gasteiger partial charge in [0, 0.05) is 43.2 Å². The van der Waals surface area contributed by atoms with Crippen LogP contribution in [0.25, 0.3) is 54.3 Å². The molecule has 0 fully saturated rings. The molecule has 16 heteroatoms. The van der Waals surface area contributed by atoms with Gasteiger partial charge in [-0.3, -0.25) is 0 Å². The number of benzene rings is 4. The van der Waals surface area contributed by atoms with E-state index in [-0.39, 0.29) is 54.6 Å². The van der Waals surface area contributed by atoms with Gasteiger partial charge in [-0.25, -0.2) is 0 Å². The molecule has 0 unspecified atom stereocenters. The summed E-state index contributed by atoms with van der Waals surface area (Å²) < 4.78 is 188. The van der Waals surface area contributed by atoms with Gasteiger partial charge in [-0.15, -0.1) is 22.7 Å². The Balaban J connectivity index is 1.48. The third kappa shape index (κ3) is 6.65. The predicted octanol–water partition coefficient (Wildman–Crippen LogP) is 14.4. The molecule has 0 saturated heterocycles. The number of alkyl halides is 12. The first kappa shape index (κ1) is 40.0. The maximum atomic E-state index is 16.3. The fourth-order valence-electron chi connectivity index (χ4n) is 6.72. The van der Waals surface area contributed by atoms with Gasteiger partial charge in [0.25, 0.3) is 0 Å². The van der Waals surface area contributed by atoms with Gasteiger partial charge in [0.05, 0.1) is 25.3 Å². The van der Waals surface area contributed by atoms with Gasteiger partial charge in [0.1, 0.15) is 11.5 Å². The van der Waals surface area contributed by atoms with Crippen molar-refractivity contribution < 1.29 is 62.2 Å².